The fourth-order valence-electron chi connectivity index (χ4n) is 1.12. The van der Waals surface area contributed by atoms with E-state index >= 15 is 0 Å². The maximum atomic E-state index is 12.7. The van der Waals surface area contributed by atoms with Gasteiger partial charge in [0.2, 0.25) is 0 Å². The maximum Gasteiger partial charge on any atom is 0.327 e. The summed E-state index contributed by atoms with van der Waals surface area (Å²) in [5.41, 5.74) is 0.832. The van der Waals surface area contributed by atoms with Crippen LogP contribution in [0.25, 0.3) is 11.0 Å². The molecule has 0 radical (unpaired) electrons. The lowest BCUT2D eigenvalue weighted by Crippen LogP contribution is -2.11. The SMILES string of the molecule is O=C(O)Cn1nc2ccc(F)cc2n1. The zero-order valence-corrected chi connectivity index (χ0v) is 7.01. The molecule has 2 aromatic rings. The summed E-state index contributed by atoms with van der Waals surface area (Å²) >= 11 is 0. The predicted molar refractivity (Wildman–Crippen MR) is 45.1 cm³/mol. The average Bonchev–Trinajstić information content (AvgIpc) is 2.44. The second-order valence-electron chi connectivity index (χ2n) is 2.76. The molecular formula is C8H6FN3O2. The molecule has 1 N–H and O–H groups in total. The van der Waals surface area contributed by atoms with Crippen LogP contribution in [-0.2, 0) is 11.3 Å². The fraction of sp³-hybridized carbons (Fsp3) is 0.125. The smallest absolute Gasteiger partial charge is 0.327 e. The minimum Gasteiger partial charge on any atom is -0.480 e. The summed E-state index contributed by atoms with van der Waals surface area (Å²) in [4.78, 5) is 11.4. The molecule has 72 valence electrons. The van der Waals surface area contributed by atoms with Gasteiger partial charge in [0, 0.05) is 6.07 Å². The molecule has 0 amide bonds. The third-order valence-corrected chi connectivity index (χ3v) is 1.66. The van der Waals surface area contributed by atoms with Gasteiger partial charge in [-0.25, -0.2) is 4.39 Å². The van der Waals surface area contributed by atoms with Crippen molar-refractivity contribution in [3.8, 4) is 0 Å². The van der Waals surface area contributed by atoms with E-state index in [0.717, 1.165) is 4.80 Å². The Hall–Kier alpha value is -1.98. The van der Waals surface area contributed by atoms with Crippen LogP contribution >= 0.6 is 0 Å². The molecule has 0 bridgehead atoms. The second-order valence-corrected chi connectivity index (χ2v) is 2.76. The summed E-state index contributed by atoms with van der Waals surface area (Å²) in [6.07, 6.45) is 0. The third kappa shape index (κ3) is 1.54. The summed E-state index contributed by atoms with van der Waals surface area (Å²) in [6.45, 7) is -0.323. The van der Waals surface area contributed by atoms with Crippen molar-refractivity contribution in [2.45, 2.75) is 6.54 Å². The Morgan fingerprint density at radius 3 is 2.86 bits per heavy atom. The van der Waals surface area contributed by atoms with Crippen molar-refractivity contribution in [1.29, 1.82) is 0 Å². The summed E-state index contributed by atoms with van der Waals surface area (Å²) in [5, 5.41) is 16.1. The lowest BCUT2D eigenvalue weighted by molar-refractivity contribution is -0.138. The number of hydrogen-bond acceptors (Lipinski definition) is 3. The van der Waals surface area contributed by atoms with Crippen LogP contribution in [-0.4, -0.2) is 26.1 Å². The first-order valence-electron chi connectivity index (χ1n) is 3.87. The molecule has 0 aliphatic carbocycles. The molecule has 0 saturated carbocycles. The number of carboxylic acid groups (broad SMARTS) is 1. The Morgan fingerprint density at radius 1 is 1.43 bits per heavy atom. The topological polar surface area (TPSA) is 68.0 Å². The van der Waals surface area contributed by atoms with E-state index in [2.05, 4.69) is 10.2 Å². The standard InChI is InChI=1S/C8H6FN3O2/c9-5-1-2-6-7(3-5)11-12(10-6)4-8(13)14/h1-3H,4H2,(H,13,14). The number of aliphatic carboxylic acids is 1. The van der Waals surface area contributed by atoms with E-state index in [9.17, 15) is 9.18 Å². The molecule has 1 heterocycles. The summed E-state index contributed by atoms with van der Waals surface area (Å²) < 4.78 is 12.7. The van der Waals surface area contributed by atoms with Crippen LogP contribution in [0.5, 0.6) is 0 Å². The Bertz CT molecular complexity index is 494. The van der Waals surface area contributed by atoms with Gasteiger partial charge in [-0.1, -0.05) is 0 Å². The average molecular weight is 195 g/mol. The number of carboxylic acids is 1. The van der Waals surface area contributed by atoms with Gasteiger partial charge in [-0.15, -0.1) is 0 Å². The van der Waals surface area contributed by atoms with Crippen LogP contribution in [0.1, 0.15) is 0 Å². The Labute approximate surface area is 77.8 Å². The number of halogens is 1. The molecule has 5 nitrogen and oxygen atoms in total. The van der Waals surface area contributed by atoms with E-state index in [-0.39, 0.29) is 6.54 Å². The third-order valence-electron chi connectivity index (χ3n) is 1.66. The van der Waals surface area contributed by atoms with E-state index in [1.165, 1.54) is 18.2 Å². The molecule has 0 unspecified atom stereocenters. The first-order valence-corrected chi connectivity index (χ1v) is 3.87. The summed E-state index contributed by atoms with van der Waals surface area (Å²) in [6, 6.07) is 3.92. The molecule has 1 aromatic heterocycles. The number of hydrogen-bond donors (Lipinski definition) is 1. The van der Waals surface area contributed by atoms with E-state index in [4.69, 9.17) is 5.11 Å². The Kier molecular flexibility index (Phi) is 1.88. The van der Waals surface area contributed by atoms with Crippen molar-refractivity contribution in [1.82, 2.24) is 15.0 Å². The first-order chi connectivity index (χ1) is 6.65. The van der Waals surface area contributed by atoms with Crippen LogP contribution in [0, 0.1) is 5.82 Å². The minimum atomic E-state index is -1.04. The van der Waals surface area contributed by atoms with Gasteiger partial charge in [-0.2, -0.15) is 15.0 Å². The first kappa shape index (κ1) is 8.61. The van der Waals surface area contributed by atoms with E-state index in [0.29, 0.717) is 11.0 Å². The van der Waals surface area contributed by atoms with Crippen molar-refractivity contribution >= 4 is 17.0 Å². The highest BCUT2D eigenvalue weighted by Gasteiger charge is 2.05. The van der Waals surface area contributed by atoms with Gasteiger partial charge in [0.1, 0.15) is 16.9 Å². The highest BCUT2D eigenvalue weighted by molar-refractivity contribution is 5.74. The van der Waals surface area contributed by atoms with Crippen molar-refractivity contribution in [2.24, 2.45) is 0 Å². The molecule has 6 heteroatoms. The van der Waals surface area contributed by atoms with Gasteiger partial charge >= 0.3 is 5.97 Å². The van der Waals surface area contributed by atoms with Gasteiger partial charge in [0.15, 0.2) is 6.54 Å². The largest absolute Gasteiger partial charge is 0.480 e. The van der Waals surface area contributed by atoms with Crippen molar-refractivity contribution in [3.05, 3.63) is 24.0 Å². The number of benzene rings is 1. The highest BCUT2D eigenvalue weighted by Crippen LogP contribution is 2.09. The predicted octanol–water partition coefficient (Wildman–Crippen LogP) is 0.655. The number of carbonyl (C=O) groups is 1. The van der Waals surface area contributed by atoms with Crippen LogP contribution < -0.4 is 0 Å². The van der Waals surface area contributed by atoms with Crippen LogP contribution in [0.15, 0.2) is 18.2 Å². The molecule has 0 saturated heterocycles. The summed E-state index contributed by atoms with van der Waals surface area (Å²) in [7, 11) is 0. The van der Waals surface area contributed by atoms with Crippen molar-refractivity contribution in [2.75, 3.05) is 0 Å². The molecule has 0 aliphatic heterocycles. The van der Waals surface area contributed by atoms with Crippen LogP contribution in [0.2, 0.25) is 0 Å². The van der Waals surface area contributed by atoms with Gasteiger partial charge in [0.05, 0.1) is 0 Å². The molecule has 1 aromatic carbocycles. The Balaban J connectivity index is 2.46. The number of aromatic nitrogens is 3. The minimum absolute atomic E-state index is 0.323. The quantitative estimate of drug-likeness (QED) is 0.764. The Morgan fingerprint density at radius 2 is 2.14 bits per heavy atom. The monoisotopic (exact) mass is 195 g/mol. The molecule has 0 aliphatic rings. The highest BCUT2D eigenvalue weighted by atomic mass is 19.1. The van der Waals surface area contributed by atoms with Crippen LogP contribution in [0.4, 0.5) is 4.39 Å². The lowest BCUT2D eigenvalue weighted by atomic mass is 10.3. The normalized spacial score (nSPS) is 10.6. The molecule has 2 rings (SSSR count). The van der Waals surface area contributed by atoms with Gasteiger partial charge < -0.3 is 5.11 Å². The van der Waals surface area contributed by atoms with Gasteiger partial charge in [-0.3, -0.25) is 4.79 Å². The van der Waals surface area contributed by atoms with Crippen molar-refractivity contribution < 1.29 is 14.3 Å². The number of nitrogens with zero attached hydrogens (tertiary/aromatic N) is 3. The van der Waals surface area contributed by atoms with Gasteiger partial charge in [0.25, 0.3) is 0 Å². The van der Waals surface area contributed by atoms with Gasteiger partial charge in [-0.05, 0) is 12.1 Å². The summed E-state index contributed by atoms with van der Waals surface area (Å²) in [5.74, 6) is -1.45. The molecule has 14 heavy (non-hydrogen) atoms. The second kappa shape index (κ2) is 3.06. The van der Waals surface area contributed by atoms with Crippen molar-refractivity contribution in [3.63, 3.8) is 0 Å². The van der Waals surface area contributed by atoms with E-state index in [1.54, 1.807) is 0 Å². The zero-order chi connectivity index (χ0) is 10.1. The maximum absolute atomic E-state index is 12.7. The zero-order valence-electron chi connectivity index (χ0n) is 7.01. The van der Waals surface area contributed by atoms with E-state index in [1.807, 2.05) is 0 Å². The number of fused-ring (bicyclic) bond motifs is 1. The van der Waals surface area contributed by atoms with E-state index < -0.39 is 11.8 Å². The lowest BCUT2D eigenvalue weighted by Gasteiger charge is -1.89. The van der Waals surface area contributed by atoms with Crippen LogP contribution in [0.3, 0.4) is 0 Å². The molecular weight excluding hydrogens is 189 g/mol. The molecule has 0 fully saturated rings. The fourth-order valence-corrected chi connectivity index (χ4v) is 1.12. The molecule has 0 spiro atoms. The molecule has 0 atom stereocenters. The number of rotatable bonds is 2.